The Balaban J connectivity index is 2.53. The van der Waals surface area contributed by atoms with E-state index in [0.717, 1.165) is 24.0 Å². The fourth-order valence-electron chi connectivity index (χ4n) is 1.85. The molecule has 1 aromatic carbocycles. The molecule has 0 fully saturated rings. The molecule has 4 nitrogen and oxygen atoms in total. The first-order valence-electron chi connectivity index (χ1n) is 6.26. The Bertz CT molecular complexity index is 379. The zero-order valence-electron chi connectivity index (χ0n) is 10.7. The molecule has 1 atom stereocenters. The molecule has 0 spiro atoms. The maximum absolute atomic E-state index is 10.8. The minimum atomic E-state index is -0.809. The van der Waals surface area contributed by atoms with Crippen molar-refractivity contribution in [3.8, 4) is 0 Å². The molecule has 0 aromatic heterocycles. The van der Waals surface area contributed by atoms with E-state index in [2.05, 4.69) is 12.2 Å². The second kappa shape index (κ2) is 7.84. The van der Waals surface area contributed by atoms with Gasteiger partial charge < -0.3 is 15.5 Å². The number of rotatable bonds is 8. The van der Waals surface area contributed by atoms with E-state index in [4.69, 9.17) is 10.2 Å². The molecule has 0 heterocycles. The van der Waals surface area contributed by atoms with Crippen LogP contribution in [0.4, 0.5) is 0 Å². The molecule has 1 rings (SSSR count). The number of carbonyl (C=O) groups is 1. The van der Waals surface area contributed by atoms with Crippen LogP contribution in [0.25, 0.3) is 0 Å². The van der Waals surface area contributed by atoms with Crippen LogP contribution in [0.1, 0.15) is 30.9 Å². The van der Waals surface area contributed by atoms with E-state index < -0.39 is 5.97 Å². The van der Waals surface area contributed by atoms with E-state index in [1.165, 1.54) is 0 Å². The molecule has 0 saturated carbocycles. The van der Waals surface area contributed by atoms with Gasteiger partial charge in [-0.15, -0.1) is 0 Å². The van der Waals surface area contributed by atoms with Crippen LogP contribution in [-0.2, 0) is 17.8 Å². The molecule has 3 N–H and O–H groups in total. The van der Waals surface area contributed by atoms with Crippen molar-refractivity contribution in [3.05, 3.63) is 35.4 Å². The van der Waals surface area contributed by atoms with Crippen LogP contribution < -0.4 is 5.32 Å². The third kappa shape index (κ3) is 5.29. The topological polar surface area (TPSA) is 69.6 Å². The molecule has 0 aliphatic rings. The molecule has 0 bridgehead atoms. The summed E-state index contributed by atoms with van der Waals surface area (Å²) in [5.41, 5.74) is 1.88. The van der Waals surface area contributed by atoms with Crippen molar-refractivity contribution < 1.29 is 15.0 Å². The van der Waals surface area contributed by atoms with Gasteiger partial charge in [0.1, 0.15) is 0 Å². The van der Waals surface area contributed by atoms with Crippen molar-refractivity contribution in [2.75, 3.05) is 6.61 Å². The normalized spacial score (nSPS) is 12.3. The lowest BCUT2D eigenvalue weighted by Gasteiger charge is -2.15. The summed E-state index contributed by atoms with van der Waals surface area (Å²) in [5.74, 6) is -0.809. The van der Waals surface area contributed by atoms with Gasteiger partial charge in [0, 0.05) is 19.2 Å². The fourth-order valence-corrected chi connectivity index (χ4v) is 1.85. The third-order valence-corrected chi connectivity index (χ3v) is 2.90. The van der Waals surface area contributed by atoms with Crippen LogP contribution in [0.3, 0.4) is 0 Å². The van der Waals surface area contributed by atoms with Gasteiger partial charge >= 0.3 is 5.97 Å². The zero-order chi connectivity index (χ0) is 13.4. The maximum Gasteiger partial charge on any atom is 0.307 e. The Morgan fingerprint density at radius 1 is 1.33 bits per heavy atom. The molecule has 0 radical (unpaired) electrons. The molecule has 4 heteroatoms. The Morgan fingerprint density at radius 3 is 2.61 bits per heavy atom. The first kappa shape index (κ1) is 14.7. The van der Waals surface area contributed by atoms with E-state index in [-0.39, 0.29) is 13.0 Å². The van der Waals surface area contributed by atoms with Gasteiger partial charge in [-0.2, -0.15) is 0 Å². The molecule has 100 valence electrons. The number of carboxylic acid groups (broad SMARTS) is 1. The first-order valence-corrected chi connectivity index (χ1v) is 6.26. The summed E-state index contributed by atoms with van der Waals surface area (Å²) in [6.45, 7) is 2.94. The molecule has 0 aliphatic heterocycles. The zero-order valence-corrected chi connectivity index (χ0v) is 10.7. The lowest BCUT2D eigenvalue weighted by molar-refractivity contribution is -0.136. The van der Waals surface area contributed by atoms with E-state index in [9.17, 15) is 4.79 Å². The van der Waals surface area contributed by atoms with Crippen molar-refractivity contribution in [3.63, 3.8) is 0 Å². The number of aliphatic carboxylic acids is 1. The van der Waals surface area contributed by atoms with Gasteiger partial charge in [-0.3, -0.25) is 4.79 Å². The van der Waals surface area contributed by atoms with Gasteiger partial charge in [0.25, 0.3) is 0 Å². The van der Waals surface area contributed by atoms with E-state index >= 15 is 0 Å². The summed E-state index contributed by atoms with van der Waals surface area (Å²) >= 11 is 0. The number of aliphatic hydroxyl groups is 1. The van der Waals surface area contributed by atoms with Crippen molar-refractivity contribution in [1.82, 2.24) is 5.32 Å². The van der Waals surface area contributed by atoms with Crippen molar-refractivity contribution in [2.24, 2.45) is 0 Å². The highest BCUT2D eigenvalue weighted by Crippen LogP contribution is 2.10. The maximum atomic E-state index is 10.8. The standard InChI is InChI=1S/C14H21NO3/c1-11(5-4-8-16)15-10-13-7-3-2-6-12(13)9-14(17)18/h2-3,6-7,11,15-16H,4-5,8-10H2,1H3,(H,17,18). The largest absolute Gasteiger partial charge is 0.481 e. The van der Waals surface area contributed by atoms with Gasteiger partial charge in [-0.05, 0) is 30.9 Å². The quantitative estimate of drug-likeness (QED) is 0.656. The molecule has 1 unspecified atom stereocenters. The lowest BCUT2D eigenvalue weighted by atomic mass is 10.0. The van der Waals surface area contributed by atoms with Crippen LogP contribution in [0, 0.1) is 0 Å². The second-order valence-electron chi connectivity index (χ2n) is 4.49. The highest BCUT2D eigenvalue weighted by Gasteiger charge is 2.07. The summed E-state index contributed by atoms with van der Waals surface area (Å²) < 4.78 is 0. The Labute approximate surface area is 108 Å². The molecule has 0 saturated heterocycles. The van der Waals surface area contributed by atoms with Gasteiger partial charge in [-0.1, -0.05) is 24.3 Å². The average molecular weight is 251 g/mol. The molecule has 18 heavy (non-hydrogen) atoms. The molecule has 0 aliphatic carbocycles. The van der Waals surface area contributed by atoms with E-state index in [0.29, 0.717) is 12.6 Å². The minimum Gasteiger partial charge on any atom is -0.481 e. The first-order chi connectivity index (χ1) is 8.63. The Hall–Kier alpha value is -1.39. The van der Waals surface area contributed by atoms with Gasteiger partial charge in [-0.25, -0.2) is 0 Å². The minimum absolute atomic E-state index is 0.0584. The SMILES string of the molecule is CC(CCCO)NCc1ccccc1CC(=O)O. The monoisotopic (exact) mass is 251 g/mol. The highest BCUT2D eigenvalue weighted by atomic mass is 16.4. The average Bonchev–Trinajstić information content (AvgIpc) is 2.34. The van der Waals surface area contributed by atoms with Crippen molar-refractivity contribution >= 4 is 5.97 Å². The number of benzene rings is 1. The van der Waals surface area contributed by atoms with Gasteiger partial charge in [0.15, 0.2) is 0 Å². The number of hydrogen-bond donors (Lipinski definition) is 3. The molecule has 0 amide bonds. The van der Waals surface area contributed by atoms with Crippen LogP contribution in [0.15, 0.2) is 24.3 Å². The fraction of sp³-hybridized carbons (Fsp3) is 0.500. The molecule has 1 aromatic rings. The third-order valence-electron chi connectivity index (χ3n) is 2.90. The molecular weight excluding hydrogens is 230 g/mol. The molecular formula is C14H21NO3. The van der Waals surface area contributed by atoms with Crippen molar-refractivity contribution in [1.29, 1.82) is 0 Å². The van der Waals surface area contributed by atoms with Crippen LogP contribution in [0.2, 0.25) is 0 Å². The predicted molar refractivity (Wildman–Crippen MR) is 70.4 cm³/mol. The summed E-state index contributed by atoms with van der Waals surface area (Å²) in [5, 5.41) is 20.9. The van der Waals surface area contributed by atoms with Gasteiger partial charge in [0.2, 0.25) is 0 Å². The number of aliphatic hydroxyl groups excluding tert-OH is 1. The Kier molecular flexibility index (Phi) is 6.39. The number of carboxylic acids is 1. The van der Waals surface area contributed by atoms with Crippen LogP contribution >= 0.6 is 0 Å². The van der Waals surface area contributed by atoms with E-state index in [1.807, 2.05) is 24.3 Å². The lowest BCUT2D eigenvalue weighted by Crippen LogP contribution is -2.26. The predicted octanol–water partition coefficient (Wildman–Crippen LogP) is 1.56. The smallest absolute Gasteiger partial charge is 0.307 e. The number of hydrogen-bond acceptors (Lipinski definition) is 3. The van der Waals surface area contributed by atoms with Crippen LogP contribution in [-0.4, -0.2) is 28.8 Å². The van der Waals surface area contributed by atoms with E-state index in [1.54, 1.807) is 0 Å². The highest BCUT2D eigenvalue weighted by molar-refractivity contribution is 5.70. The second-order valence-corrected chi connectivity index (χ2v) is 4.49. The van der Waals surface area contributed by atoms with Gasteiger partial charge in [0.05, 0.1) is 6.42 Å². The summed E-state index contributed by atoms with van der Waals surface area (Å²) in [6.07, 6.45) is 1.76. The number of nitrogens with one attached hydrogen (secondary N) is 1. The summed E-state index contributed by atoms with van der Waals surface area (Å²) in [6, 6.07) is 7.89. The summed E-state index contributed by atoms with van der Waals surface area (Å²) in [4.78, 5) is 10.8. The summed E-state index contributed by atoms with van der Waals surface area (Å²) in [7, 11) is 0. The van der Waals surface area contributed by atoms with Crippen molar-refractivity contribution in [2.45, 2.75) is 38.8 Å². The van der Waals surface area contributed by atoms with Crippen LogP contribution in [0.5, 0.6) is 0 Å². The Morgan fingerprint density at radius 2 is 2.00 bits per heavy atom.